The fourth-order valence-corrected chi connectivity index (χ4v) is 3.47. The van der Waals surface area contributed by atoms with Crippen molar-refractivity contribution in [3.8, 4) is 5.75 Å². The van der Waals surface area contributed by atoms with Crippen LogP contribution in [0, 0.1) is 5.92 Å². The Morgan fingerprint density at radius 2 is 1.72 bits per heavy atom. The van der Waals surface area contributed by atoms with Gasteiger partial charge in [0.25, 0.3) is 0 Å². The summed E-state index contributed by atoms with van der Waals surface area (Å²) in [6.07, 6.45) is 0. The number of epoxide rings is 1. The smallest absolute Gasteiger partial charge is 0.341 e. The van der Waals surface area contributed by atoms with Crippen LogP contribution in [0.1, 0.15) is 31.9 Å². The molecule has 0 spiro atoms. The number of carbonyl (C=O) groups is 1. The second-order valence-corrected chi connectivity index (χ2v) is 6.82. The van der Waals surface area contributed by atoms with Gasteiger partial charge in [0.15, 0.2) is 0 Å². The lowest BCUT2D eigenvalue weighted by atomic mass is 9.80. The molecule has 4 nitrogen and oxygen atoms in total. The highest BCUT2D eigenvalue weighted by atomic mass is 16.7. The van der Waals surface area contributed by atoms with Crippen LogP contribution in [-0.4, -0.2) is 18.7 Å². The quantitative estimate of drug-likeness (QED) is 0.587. The van der Waals surface area contributed by atoms with Crippen LogP contribution in [-0.2, 0) is 26.5 Å². The summed E-state index contributed by atoms with van der Waals surface area (Å²) in [5.74, 6) is 0.471. The third-order valence-electron chi connectivity index (χ3n) is 4.99. The van der Waals surface area contributed by atoms with E-state index in [0.717, 1.165) is 16.9 Å². The van der Waals surface area contributed by atoms with Gasteiger partial charge in [-0.3, -0.25) is 0 Å². The first-order chi connectivity index (χ1) is 11.9. The highest BCUT2D eigenvalue weighted by Gasteiger charge is 2.75. The molecule has 2 unspecified atom stereocenters. The Hall–Kier alpha value is -2.33. The topological polar surface area (TPSA) is 48.1 Å². The highest BCUT2D eigenvalue weighted by Crippen LogP contribution is 2.60. The van der Waals surface area contributed by atoms with Crippen LogP contribution in [0.25, 0.3) is 0 Å². The Morgan fingerprint density at radius 1 is 1.08 bits per heavy atom. The van der Waals surface area contributed by atoms with E-state index in [2.05, 4.69) is 0 Å². The van der Waals surface area contributed by atoms with Crippen molar-refractivity contribution in [1.82, 2.24) is 0 Å². The first kappa shape index (κ1) is 17.5. The van der Waals surface area contributed by atoms with Gasteiger partial charge in [-0.1, -0.05) is 56.3 Å². The van der Waals surface area contributed by atoms with E-state index in [4.69, 9.17) is 14.2 Å². The molecule has 0 bridgehead atoms. The molecule has 0 aromatic heterocycles. The van der Waals surface area contributed by atoms with Gasteiger partial charge in [-0.25, -0.2) is 4.79 Å². The summed E-state index contributed by atoms with van der Waals surface area (Å²) >= 11 is 0. The van der Waals surface area contributed by atoms with Crippen LogP contribution in [0.5, 0.6) is 5.75 Å². The van der Waals surface area contributed by atoms with Crippen molar-refractivity contribution in [3.05, 3.63) is 65.7 Å². The number of hydrogen-bond acceptors (Lipinski definition) is 4. The van der Waals surface area contributed by atoms with Gasteiger partial charge in [0.2, 0.25) is 5.60 Å². The minimum Gasteiger partial charge on any atom is -0.489 e. The molecule has 2 aromatic rings. The zero-order chi connectivity index (χ0) is 18.1. The fraction of sp³-hybridized carbons (Fsp3) is 0.381. The summed E-state index contributed by atoms with van der Waals surface area (Å²) in [4.78, 5) is 12.3. The highest BCUT2D eigenvalue weighted by molar-refractivity contribution is 5.85. The zero-order valence-electron chi connectivity index (χ0n) is 15.1. The van der Waals surface area contributed by atoms with Gasteiger partial charge in [0.05, 0.1) is 7.11 Å². The van der Waals surface area contributed by atoms with E-state index in [-0.39, 0.29) is 11.9 Å². The van der Waals surface area contributed by atoms with Gasteiger partial charge in [-0.2, -0.15) is 0 Å². The monoisotopic (exact) mass is 340 g/mol. The first-order valence-electron chi connectivity index (χ1n) is 8.50. The second-order valence-electron chi connectivity index (χ2n) is 6.82. The molecular weight excluding hydrogens is 316 g/mol. The van der Waals surface area contributed by atoms with E-state index in [1.54, 1.807) is 0 Å². The summed E-state index contributed by atoms with van der Waals surface area (Å²) in [5.41, 5.74) is 0.465. The molecule has 4 heteroatoms. The SMILES string of the molecule is COC(=O)C1(C(C)C)OC1(C)c1ccc(OCc2ccccc2)cc1. The summed E-state index contributed by atoms with van der Waals surface area (Å²) in [5, 5.41) is 0. The Bertz CT molecular complexity index is 738. The molecule has 25 heavy (non-hydrogen) atoms. The number of esters is 1. The summed E-state index contributed by atoms with van der Waals surface area (Å²) in [6.45, 7) is 6.40. The third-order valence-corrected chi connectivity index (χ3v) is 4.99. The molecule has 1 aliphatic rings. The Labute approximate surface area is 148 Å². The molecule has 0 radical (unpaired) electrons. The lowest BCUT2D eigenvalue weighted by Crippen LogP contribution is -2.37. The van der Waals surface area contributed by atoms with Crippen LogP contribution < -0.4 is 4.74 Å². The van der Waals surface area contributed by atoms with E-state index >= 15 is 0 Å². The van der Waals surface area contributed by atoms with Gasteiger partial charge in [0.1, 0.15) is 18.0 Å². The van der Waals surface area contributed by atoms with E-state index in [0.29, 0.717) is 6.61 Å². The maximum absolute atomic E-state index is 12.3. The molecule has 2 atom stereocenters. The number of methoxy groups -OCH3 is 1. The zero-order valence-corrected chi connectivity index (χ0v) is 15.1. The average molecular weight is 340 g/mol. The van der Waals surface area contributed by atoms with Gasteiger partial charge < -0.3 is 14.2 Å². The normalized spacial score (nSPS) is 24.8. The lowest BCUT2D eigenvalue weighted by Gasteiger charge is -2.19. The van der Waals surface area contributed by atoms with E-state index < -0.39 is 11.2 Å². The van der Waals surface area contributed by atoms with Gasteiger partial charge in [-0.15, -0.1) is 0 Å². The predicted octanol–water partition coefficient (Wildman–Crippen LogP) is 4.08. The fourth-order valence-electron chi connectivity index (χ4n) is 3.47. The molecule has 3 rings (SSSR count). The third kappa shape index (κ3) is 2.91. The van der Waals surface area contributed by atoms with Crippen molar-refractivity contribution in [2.24, 2.45) is 5.92 Å². The number of benzene rings is 2. The van der Waals surface area contributed by atoms with Crippen molar-refractivity contribution < 1.29 is 19.0 Å². The standard InChI is InChI=1S/C21H24O4/c1-15(2)21(19(22)23-4)20(3,25-21)17-10-12-18(13-11-17)24-14-16-8-6-5-7-9-16/h5-13,15H,14H2,1-4H3. The van der Waals surface area contributed by atoms with Gasteiger partial charge in [0, 0.05) is 0 Å². The maximum atomic E-state index is 12.3. The summed E-state index contributed by atoms with van der Waals surface area (Å²) < 4.78 is 16.7. The van der Waals surface area contributed by atoms with E-state index in [1.807, 2.05) is 75.4 Å². The minimum atomic E-state index is -0.922. The van der Waals surface area contributed by atoms with Crippen molar-refractivity contribution in [3.63, 3.8) is 0 Å². The second kappa shape index (κ2) is 6.52. The van der Waals surface area contributed by atoms with E-state index in [1.165, 1.54) is 7.11 Å². The molecule has 1 heterocycles. The molecule has 2 aromatic carbocycles. The molecule has 1 aliphatic heterocycles. The molecule has 132 valence electrons. The van der Waals surface area contributed by atoms with Crippen molar-refractivity contribution in [2.45, 2.75) is 38.6 Å². The van der Waals surface area contributed by atoms with Gasteiger partial charge in [-0.05, 0) is 36.1 Å². The van der Waals surface area contributed by atoms with Crippen LogP contribution in [0.2, 0.25) is 0 Å². The Balaban J connectivity index is 1.73. The predicted molar refractivity (Wildman–Crippen MR) is 95.2 cm³/mol. The minimum absolute atomic E-state index is 0.0129. The summed E-state index contributed by atoms with van der Waals surface area (Å²) in [7, 11) is 1.40. The Morgan fingerprint density at radius 3 is 2.28 bits per heavy atom. The van der Waals surface area contributed by atoms with Crippen molar-refractivity contribution in [1.29, 1.82) is 0 Å². The first-order valence-corrected chi connectivity index (χ1v) is 8.50. The number of ether oxygens (including phenoxy) is 3. The molecule has 0 amide bonds. The summed E-state index contributed by atoms with van der Waals surface area (Å²) in [6, 6.07) is 17.7. The molecule has 0 saturated carbocycles. The molecule has 0 N–H and O–H groups in total. The van der Waals surface area contributed by atoms with Crippen molar-refractivity contribution in [2.75, 3.05) is 7.11 Å². The van der Waals surface area contributed by atoms with Crippen LogP contribution in [0.4, 0.5) is 0 Å². The Kier molecular flexibility index (Phi) is 4.56. The largest absolute Gasteiger partial charge is 0.489 e. The average Bonchev–Trinajstić information content (AvgIpc) is 3.29. The molecule has 1 fully saturated rings. The van der Waals surface area contributed by atoms with E-state index in [9.17, 15) is 4.79 Å². The maximum Gasteiger partial charge on any atom is 0.341 e. The number of hydrogen-bond donors (Lipinski definition) is 0. The molecule has 1 saturated heterocycles. The van der Waals surface area contributed by atoms with Crippen LogP contribution in [0.15, 0.2) is 54.6 Å². The van der Waals surface area contributed by atoms with Crippen LogP contribution >= 0.6 is 0 Å². The van der Waals surface area contributed by atoms with Gasteiger partial charge >= 0.3 is 5.97 Å². The number of rotatable bonds is 6. The van der Waals surface area contributed by atoms with Crippen LogP contribution in [0.3, 0.4) is 0 Å². The molecular formula is C21H24O4. The molecule has 0 aliphatic carbocycles. The van der Waals surface area contributed by atoms with Crippen molar-refractivity contribution >= 4 is 5.97 Å². The number of carbonyl (C=O) groups excluding carboxylic acids is 1. The lowest BCUT2D eigenvalue weighted by molar-refractivity contribution is -0.148.